The van der Waals surface area contributed by atoms with E-state index in [1.165, 1.54) is 25.6 Å². The van der Waals surface area contributed by atoms with E-state index in [0.29, 0.717) is 24.3 Å². The van der Waals surface area contributed by atoms with Gasteiger partial charge in [0.05, 0.1) is 6.54 Å². The Morgan fingerprint density at radius 2 is 2.31 bits per heavy atom. The number of rotatable bonds is 3. The zero-order valence-corrected chi connectivity index (χ0v) is 9.39. The van der Waals surface area contributed by atoms with Crippen molar-refractivity contribution < 1.29 is 4.79 Å². The quantitative estimate of drug-likeness (QED) is 0.820. The van der Waals surface area contributed by atoms with Crippen LogP contribution in [-0.2, 0) is 11.3 Å². The second-order valence-corrected chi connectivity index (χ2v) is 4.91. The molecule has 0 aromatic carbocycles. The average Bonchev–Trinajstić information content (AvgIpc) is 2.75. The summed E-state index contributed by atoms with van der Waals surface area (Å²) < 4.78 is 0. The van der Waals surface area contributed by atoms with Crippen LogP contribution in [0.25, 0.3) is 0 Å². The van der Waals surface area contributed by atoms with E-state index in [9.17, 15) is 4.79 Å². The largest absolute Gasteiger partial charge is 0.338 e. The molecule has 1 amide bonds. The SMILES string of the molecule is CN(Cc1ncn[nH]1)C(=O)C1C2CCCC21. The molecular weight excluding hydrogens is 204 g/mol. The van der Waals surface area contributed by atoms with Crippen molar-refractivity contribution >= 4 is 5.91 Å². The van der Waals surface area contributed by atoms with Crippen LogP contribution in [0.3, 0.4) is 0 Å². The van der Waals surface area contributed by atoms with Crippen LogP contribution in [0, 0.1) is 17.8 Å². The standard InChI is InChI=1S/C11H16N4O/c1-15(5-9-12-6-13-14-9)11(16)10-7-3-2-4-8(7)10/h6-8,10H,2-5H2,1H3,(H,12,13,14). The predicted octanol–water partition coefficient (Wildman–Crippen LogP) is 0.809. The highest BCUT2D eigenvalue weighted by atomic mass is 16.2. The first-order valence-corrected chi connectivity index (χ1v) is 5.86. The predicted molar refractivity (Wildman–Crippen MR) is 57.2 cm³/mol. The number of carbonyl (C=O) groups excluding carboxylic acids is 1. The van der Waals surface area contributed by atoms with Gasteiger partial charge in [-0.05, 0) is 24.7 Å². The van der Waals surface area contributed by atoms with Gasteiger partial charge in [0, 0.05) is 13.0 Å². The van der Waals surface area contributed by atoms with E-state index < -0.39 is 0 Å². The monoisotopic (exact) mass is 220 g/mol. The molecule has 1 aromatic rings. The molecule has 0 bridgehead atoms. The van der Waals surface area contributed by atoms with E-state index in [0.717, 1.165) is 5.82 Å². The summed E-state index contributed by atoms with van der Waals surface area (Å²) >= 11 is 0. The maximum atomic E-state index is 12.1. The summed E-state index contributed by atoms with van der Waals surface area (Å²) in [6.07, 6.45) is 5.28. The first-order valence-electron chi connectivity index (χ1n) is 5.86. The van der Waals surface area contributed by atoms with Crippen LogP contribution in [-0.4, -0.2) is 33.0 Å². The third-order valence-corrected chi connectivity index (χ3v) is 3.92. The Labute approximate surface area is 94.2 Å². The first kappa shape index (κ1) is 9.81. The molecule has 5 heteroatoms. The number of H-pyrrole nitrogens is 1. The first-order chi connectivity index (χ1) is 7.77. The fourth-order valence-electron chi connectivity index (χ4n) is 3.05. The molecule has 2 saturated carbocycles. The number of nitrogens with zero attached hydrogens (tertiary/aromatic N) is 3. The molecule has 1 heterocycles. The van der Waals surface area contributed by atoms with Crippen LogP contribution >= 0.6 is 0 Å². The molecule has 1 N–H and O–H groups in total. The van der Waals surface area contributed by atoms with Crippen molar-refractivity contribution in [2.45, 2.75) is 25.8 Å². The van der Waals surface area contributed by atoms with Crippen LogP contribution in [0.2, 0.25) is 0 Å². The Hall–Kier alpha value is -1.39. The molecule has 0 radical (unpaired) electrons. The van der Waals surface area contributed by atoms with Gasteiger partial charge in [-0.1, -0.05) is 6.42 Å². The van der Waals surface area contributed by atoms with Crippen molar-refractivity contribution in [3.8, 4) is 0 Å². The molecular formula is C11H16N4O. The molecule has 16 heavy (non-hydrogen) atoms. The van der Waals surface area contributed by atoms with Gasteiger partial charge in [-0.25, -0.2) is 4.98 Å². The summed E-state index contributed by atoms with van der Waals surface area (Å²) in [5, 5.41) is 6.56. The molecule has 0 aliphatic heterocycles. The molecule has 0 spiro atoms. The minimum Gasteiger partial charge on any atom is -0.338 e. The Morgan fingerprint density at radius 1 is 1.56 bits per heavy atom. The number of carbonyl (C=O) groups is 1. The van der Waals surface area contributed by atoms with Crippen molar-refractivity contribution in [2.24, 2.45) is 17.8 Å². The zero-order chi connectivity index (χ0) is 11.1. The van der Waals surface area contributed by atoms with Crippen LogP contribution in [0.1, 0.15) is 25.1 Å². The van der Waals surface area contributed by atoms with Gasteiger partial charge in [0.1, 0.15) is 12.2 Å². The maximum absolute atomic E-state index is 12.1. The molecule has 2 aliphatic carbocycles. The number of fused-ring (bicyclic) bond motifs is 1. The lowest BCUT2D eigenvalue weighted by atomic mass is 10.1. The topological polar surface area (TPSA) is 61.9 Å². The summed E-state index contributed by atoms with van der Waals surface area (Å²) in [6.45, 7) is 0.536. The summed E-state index contributed by atoms with van der Waals surface area (Å²) in [5.41, 5.74) is 0. The Morgan fingerprint density at radius 3 is 2.94 bits per heavy atom. The lowest BCUT2D eigenvalue weighted by molar-refractivity contribution is -0.132. The van der Waals surface area contributed by atoms with Gasteiger partial charge in [0.25, 0.3) is 0 Å². The second kappa shape index (κ2) is 3.57. The van der Waals surface area contributed by atoms with Gasteiger partial charge in [0.2, 0.25) is 5.91 Å². The fourth-order valence-corrected chi connectivity index (χ4v) is 3.05. The van der Waals surface area contributed by atoms with Gasteiger partial charge < -0.3 is 4.90 Å². The number of aromatic nitrogens is 3. The minimum atomic E-state index is 0.283. The highest BCUT2D eigenvalue weighted by Gasteiger charge is 2.57. The average molecular weight is 220 g/mol. The van der Waals surface area contributed by atoms with Crippen molar-refractivity contribution in [3.05, 3.63) is 12.2 Å². The van der Waals surface area contributed by atoms with Gasteiger partial charge in [-0.15, -0.1) is 0 Å². The van der Waals surface area contributed by atoms with Crippen LogP contribution in [0.15, 0.2) is 6.33 Å². The zero-order valence-electron chi connectivity index (χ0n) is 9.39. The molecule has 3 rings (SSSR count). The van der Waals surface area contributed by atoms with E-state index in [4.69, 9.17) is 0 Å². The smallest absolute Gasteiger partial charge is 0.226 e. The second-order valence-electron chi connectivity index (χ2n) is 4.91. The molecule has 2 unspecified atom stereocenters. The molecule has 0 saturated heterocycles. The van der Waals surface area contributed by atoms with Gasteiger partial charge in [0.15, 0.2) is 0 Å². The van der Waals surface area contributed by atoms with E-state index in [2.05, 4.69) is 15.2 Å². The van der Waals surface area contributed by atoms with Crippen LogP contribution < -0.4 is 0 Å². The third-order valence-electron chi connectivity index (χ3n) is 3.92. The molecule has 2 fully saturated rings. The maximum Gasteiger partial charge on any atom is 0.226 e. The highest BCUT2D eigenvalue weighted by Crippen LogP contribution is 2.58. The molecule has 1 aromatic heterocycles. The molecule has 2 aliphatic rings. The van der Waals surface area contributed by atoms with E-state index >= 15 is 0 Å². The Bertz CT molecular complexity index is 379. The van der Waals surface area contributed by atoms with Gasteiger partial charge >= 0.3 is 0 Å². The Balaban J connectivity index is 1.59. The summed E-state index contributed by atoms with van der Waals surface area (Å²) in [6, 6.07) is 0. The normalized spacial score (nSPS) is 31.2. The van der Waals surface area contributed by atoms with E-state index in [-0.39, 0.29) is 5.91 Å². The van der Waals surface area contributed by atoms with E-state index in [1.54, 1.807) is 4.90 Å². The number of hydrogen-bond donors (Lipinski definition) is 1. The number of aromatic amines is 1. The molecule has 2 atom stereocenters. The van der Waals surface area contributed by atoms with Crippen LogP contribution in [0.5, 0.6) is 0 Å². The summed E-state index contributed by atoms with van der Waals surface area (Å²) in [7, 11) is 1.85. The highest BCUT2D eigenvalue weighted by molar-refractivity contribution is 5.82. The van der Waals surface area contributed by atoms with Gasteiger partial charge in [-0.3, -0.25) is 9.89 Å². The number of nitrogens with one attached hydrogen (secondary N) is 1. The molecule has 5 nitrogen and oxygen atoms in total. The summed E-state index contributed by atoms with van der Waals surface area (Å²) in [4.78, 5) is 17.9. The minimum absolute atomic E-state index is 0.283. The molecule has 86 valence electrons. The fraction of sp³-hybridized carbons (Fsp3) is 0.727. The lowest BCUT2D eigenvalue weighted by Gasteiger charge is -2.16. The van der Waals surface area contributed by atoms with Crippen molar-refractivity contribution in [1.29, 1.82) is 0 Å². The third kappa shape index (κ3) is 1.50. The number of hydrogen-bond acceptors (Lipinski definition) is 3. The lowest BCUT2D eigenvalue weighted by Crippen LogP contribution is -2.29. The van der Waals surface area contributed by atoms with Crippen LogP contribution in [0.4, 0.5) is 0 Å². The van der Waals surface area contributed by atoms with Gasteiger partial charge in [-0.2, -0.15) is 5.10 Å². The number of amides is 1. The van der Waals surface area contributed by atoms with Crippen molar-refractivity contribution in [2.75, 3.05) is 7.05 Å². The summed E-state index contributed by atoms with van der Waals surface area (Å²) in [5.74, 6) is 2.71. The van der Waals surface area contributed by atoms with Crippen molar-refractivity contribution in [1.82, 2.24) is 20.1 Å². The van der Waals surface area contributed by atoms with Crippen molar-refractivity contribution in [3.63, 3.8) is 0 Å². The van der Waals surface area contributed by atoms with E-state index in [1.807, 2.05) is 7.05 Å². The Kier molecular flexibility index (Phi) is 2.19.